The van der Waals surface area contributed by atoms with Crippen molar-refractivity contribution in [2.24, 2.45) is 14.1 Å². The number of imidazole rings is 1. The van der Waals surface area contributed by atoms with Crippen LogP contribution in [0.2, 0.25) is 0 Å². The minimum atomic E-state index is -0.850. The number of para-hydroxylation sites is 1. The maximum atomic E-state index is 13.7. The molecule has 0 aliphatic heterocycles. The highest BCUT2D eigenvalue weighted by molar-refractivity contribution is 5.92. The molecule has 0 saturated carbocycles. The van der Waals surface area contributed by atoms with Gasteiger partial charge in [0.1, 0.15) is 17.3 Å². The second kappa shape index (κ2) is 9.21. The number of benzene rings is 1. The molecule has 0 bridgehead atoms. The lowest BCUT2D eigenvalue weighted by Crippen LogP contribution is -2.40. The highest BCUT2D eigenvalue weighted by Crippen LogP contribution is 2.17. The average molecular weight is 434 g/mol. The number of halogens is 2. The molecule has 0 unspecified atom stereocenters. The van der Waals surface area contributed by atoms with Gasteiger partial charge in [-0.2, -0.15) is 0 Å². The highest BCUT2D eigenvalue weighted by Gasteiger charge is 2.17. The zero-order chi connectivity index (χ0) is 22.7. The number of aromatic nitrogens is 4. The van der Waals surface area contributed by atoms with Crippen molar-refractivity contribution in [2.75, 3.05) is 25.0 Å². The van der Waals surface area contributed by atoms with Gasteiger partial charge in [0.2, 0.25) is 5.91 Å². The number of hydrogen-bond donors (Lipinski definition) is 1. The molecular weight excluding hydrogens is 410 g/mol. The van der Waals surface area contributed by atoms with E-state index in [1.54, 1.807) is 23.6 Å². The Labute approximate surface area is 176 Å². The fourth-order valence-electron chi connectivity index (χ4n) is 3.39. The van der Waals surface area contributed by atoms with Crippen LogP contribution in [0.4, 0.5) is 14.5 Å². The molecule has 2 aromatic heterocycles. The van der Waals surface area contributed by atoms with Crippen molar-refractivity contribution in [1.82, 2.24) is 23.6 Å². The Kier molecular flexibility index (Phi) is 6.64. The number of fused-ring (bicyclic) bond motifs is 1. The number of nitrogens with zero attached hydrogens (tertiary/aromatic N) is 5. The van der Waals surface area contributed by atoms with Crippen LogP contribution in [0.1, 0.15) is 13.3 Å². The molecule has 0 atom stereocenters. The summed E-state index contributed by atoms with van der Waals surface area (Å²) in [7, 11) is 3.24. The second-order valence-electron chi connectivity index (χ2n) is 7.19. The summed E-state index contributed by atoms with van der Waals surface area (Å²) >= 11 is 0. The molecule has 166 valence electrons. The topological polar surface area (TPSA) is 94.2 Å². The first-order chi connectivity index (χ1) is 14.7. The monoisotopic (exact) mass is 434 g/mol. The SMILES string of the molecule is CCN(CCCn1c(=O)c2c(ncn2C)n(C)c1=O)CC(=O)Nc1c(F)cccc1F. The lowest BCUT2D eigenvalue weighted by Gasteiger charge is -2.20. The third-order valence-corrected chi connectivity index (χ3v) is 5.10. The van der Waals surface area contributed by atoms with Crippen LogP contribution in [-0.4, -0.2) is 49.1 Å². The fourth-order valence-corrected chi connectivity index (χ4v) is 3.39. The van der Waals surface area contributed by atoms with E-state index in [2.05, 4.69) is 10.3 Å². The average Bonchev–Trinajstić information content (AvgIpc) is 3.12. The van der Waals surface area contributed by atoms with Crippen molar-refractivity contribution in [3.05, 3.63) is 57.0 Å². The van der Waals surface area contributed by atoms with E-state index in [1.165, 1.54) is 17.0 Å². The molecule has 9 nitrogen and oxygen atoms in total. The number of rotatable bonds is 8. The quantitative estimate of drug-likeness (QED) is 0.572. The number of carbonyl (C=O) groups excluding carboxylic acids is 1. The van der Waals surface area contributed by atoms with Crippen molar-refractivity contribution in [3.8, 4) is 0 Å². The van der Waals surface area contributed by atoms with Gasteiger partial charge in [0.05, 0.1) is 12.9 Å². The first kappa shape index (κ1) is 22.3. The Hall–Kier alpha value is -3.34. The number of anilines is 1. The predicted octanol–water partition coefficient (Wildman–Crippen LogP) is 1.06. The molecule has 31 heavy (non-hydrogen) atoms. The molecule has 0 radical (unpaired) electrons. The number of hydrogen-bond acceptors (Lipinski definition) is 5. The van der Waals surface area contributed by atoms with E-state index >= 15 is 0 Å². The number of amides is 1. The number of nitrogens with one attached hydrogen (secondary N) is 1. The van der Waals surface area contributed by atoms with Gasteiger partial charge in [-0.25, -0.2) is 18.6 Å². The Morgan fingerprint density at radius 3 is 2.52 bits per heavy atom. The molecule has 0 aliphatic carbocycles. The van der Waals surface area contributed by atoms with Crippen molar-refractivity contribution in [2.45, 2.75) is 19.9 Å². The third-order valence-electron chi connectivity index (χ3n) is 5.10. The maximum Gasteiger partial charge on any atom is 0.332 e. The summed E-state index contributed by atoms with van der Waals surface area (Å²) in [4.78, 5) is 43.3. The minimum Gasteiger partial charge on any atom is -0.328 e. The van der Waals surface area contributed by atoms with Crippen LogP contribution in [0.15, 0.2) is 34.1 Å². The third kappa shape index (κ3) is 4.55. The lowest BCUT2D eigenvalue weighted by molar-refractivity contribution is -0.117. The summed E-state index contributed by atoms with van der Waals surface area (Å²) in [5.41, 5.74) is -0.717. The zero-order valence-corrected chi connectivity index (χ0v) is 17.6. The second-order valence-corrected chi connectivity index (χ2v) is 7.19. The standard InChI is InChI=1S/C20H24F2N6O3/c1-4-27(11-15(29)24-16-13(21)7-5-8-14(16)22)9-6-10-28-19(30)17-18(23-12-25(17)2)26(3)20(28)31/h5,7-8,12H,4,6,9-11H2,1-3H3,(H,24,29). The van der Waals surface area contributed by atoms with Crippen LogP contribution in [0.25, 0.3) is 11.2 Å². The summed E-state index contributed by atoms with van der Waals surface area (Å²) in [6, 6.07) is 3.34. The van der Waals surface area contributed by atoms with Gasteiger partial charge in [0.25, 0.3) is 5.56 Å². The molecule has 2 heterocycles. The maximum absolute atomic E-state index is 13.7. The van der Waals surface area contributed by atoms with Crippen molar-refractivity contribution in [3.63, 3.8) is 0 Å². The van der Waals surface area contributed by atoms with Gasteiger partial charge in [-0.1, -0.05) is 13.0 Å². The number of aryl methyl sites for hydroxylation is 2. The molecule has 1 amide bonds. The molecule has 0 spiro atoms. The van der Waals surface area contributed by atoms with Crippen molar-refractivity contribution >= 4 is 22.8 Å². The van der Waals surface area contributed by atoms with Crippen LogP contribution in [-0.2, 0) is 25.4 Å². The number of carbonyl (C=O) groups is 1. The minimum absolute atomic E-state index is 0.0854. The lowest BCUT2D eigenvalue weighted by atomic mass is 10.3. The highest BCUT2D eigenvalue weighted by atomic mass is 19.1. The first-order valence-corrected chi connectivity index (χ1v) is 9.81. The van der Waals surface area contributed by atoms with Gasteiger partial charge >= 0.3 is 5.69 Å². The molecule has 0 aliphatic rings. The zero-order valence-electron chi connectivity index (χ0n) is 17.6. The van der Waals surface area contributed by atoms with E-state index in [0.29, 0.717) is 30.7 Å². The Bertz CT molecular complexity index is 1210. The Morgan fingerprint density at radius 1 is 1.19 bits per heavy atom. The molecule has 1 aromatic carbocycles. The van der Waals surface area contributed by atoms with E-state index in [1.807, 2.05) is 6.92 Å². The van der Waals surface area contributed by atoms with E-state index in [4.69, 9.17) is 0 Å². The molecule has 3 aromatic rings. The van der Waals surface area contributed by atoms with Gasteiger partial charge < -0.3 is 9.88 Å². The molecule has 11 heteroatoms. The fraction of sp³-hybridized carbons (Fsp3) is 0.400. The number of likely N-dealkylation sites (N-methyl/N-ethyl adjacent to an activating group) is 1. The van der Waals surface area contributed by atoms with Gasteiger partial charge in [-0.15, -0.1) is 0 Å². The summed E-state index contributed by atoms with van der Waals surface area (Å²) < 4.78 is 31.4. The molecule has 1 N–H and O–H groups in total. The summed E-state index contributed by atoms with van der Waals surface area (Å²) in [6.45, 7) is 2.82. The first-order valence-electron chi connectivity index (χ1n) is 9.81. The van der Waals surface area contributed by atoms with Crippen LogP contribution in [0.3, 0.4) is 0 Å². The van der Waals surface area contributed by atoms with Crippen LogP contribution in [0.5, 0.6) is 0 Å². The molecule has 0 fully saturated rings. The predicted molar refractivity (Wildman–Crippen MR) is 112 cm³/mol. The summed E-state index contributed by atoms with van der Waals surface area (Å²) in [5, 5.41) is 2.25. The summed E-state index contributed by atoms with van der Waals surface area (Å²) in [5.74, 6) is -2.26. The van der Waals surface area contributed by atoms with Crippen LogP contribution < -0.4 is 16.6 Å². The van der Waals surface area contributed by atoms with Crippen molar-refractivity contribution < 1.29 is 13.6 Å². The molecule has 3 rings (SSSR count). The molecule has 0 saturated heterocycles. The largest absolute Gasteiger partial charge is 0.332 e. The van der Waals surface area contributed by atoms with Crippen molar-refractivity contribution in [1.29, 1.82) is 0 Å². The Balaban J connectivity index is 1.65. The van der Waals surface area contributed by atoms with Crippen LogP contribution >= 0.6 is 0 Å². The van der Waals surface area contributed by atoms with E-state index in [0.717, 1.165) is 16.7 Å². The van der Waals surface area contributed by atoms with Gasteiger partial charge in [0.15, 0.2) is 11.2 Å². The summed E-state index contributed by atoms with van der Waals surface area (Å²) in [6.07, 6.45) is 1.90. The van der Waals surface area contributed by atoms with Gasteiger partial charge in [-0.05, 0) is 25.1 Å². The Morgan fingerprint density at radius 2 is 1.87 bits per heavy atom. The van der Waals surface area contributed by atoms with Gasteiger partial charge in [-0.3, -0.25) is 23.6 Å². The molecular formula is C20H24F2N6O3. The van der Waals surface area contributed by atoms with Crippen LogP contribution in [0, 0.1) is 11.6 Å². The van der Waals surface area contributed by atoms with E-state index in [9.17, 15) is 23.2 Å². The smallest absolute Gasteiger partial charge is 0.328 e. The van der Waals surface area contributed by atoms with Gasteiger partial charge in [0, 0.05) is 27.2 Å². The van der Waals surface area contributed by atoms with E-state index < -0.39 is 34.5 Å². The normalized spacial score (nSPS) is 11.4. The van der Waals surface area contributed by atoms with E-state index in [-0.39, 0.29) is 13.1 Å².